The molecule has 0 aliphatic rings. The van der Waals surface area contributed by atoms with Crippen molar-refractivity contribution in [3.63, 3.8) is 0 Å². The van der Waals surface area contributed by atoms with Crippen LogP contribution in [0.5, 0.6) is 11.5 Å². The third-order valence-corrected chi connectivity index (χ3v) is 1.59. The molecular weight excluding hydrogens is 188 g/mol. The van der Waals surface area contributed by atoms with Gasteiger partial charge in [0, 0.05) is 6.07 Å². The minimum atomic E-state index is -1.08. The highest BCUT2D eigenvalue weighted by Crippen LogP contribution is 2.22. The van der Waals surface area contributed by atoms with Crippen LogP contribution in [0.15, 0.2) is 18.2 Å². The lowest BCUT2D eigenvalue weighted by atomic mass is 10.2. The lowest BCUT2D eigenvalue weighted by Crippen LogP contribution is -2.00. The van der Waals surface area contributed by atoms with Gasteiger partial charge in [-0.25, -0.2) is 4.79 Å². The average Bonchev–Trinajstić information content (AvgIpc) is 2.17. The number of carboxylic acids is 1. The summed E-state index contributed by atoms with van der Waals surface area (Å²) >= 11 is 0. The van der Waals surface area contributed by atoms with E-state index in [1.165, 1.54) is 25.3 Å². The Morgan fingerprint density at radius 1 is 1.36 bits per heavy atom. The first-order chi connectivity index (χ1) is 6.67. The molecule has 0 atom stereocenters. The lowest BCUT2D eigenvalue weighted by molar-refractivity contribution is 0.0692. The maximum Gasteiger partial charge on any atom is 0.335 e. The van der Waals surface area contributed by atoms with Crippen molar-refractivity contribution < 1.29 is 24.5 Å². The summed E-state index contributed by atoms with van der Waals surface area (Å²) in [5.74, 6) is -0.454. The Kier molecular flexibility index (Phi) is 3.30. The van der Waals surface area contributed by atoms with Crippen molar-refractivity contribution in [2.75, 3.05) is 13.9 Å². The van der Waals surface area contributed by atoms with Crippen LogP contribution in [0.3, 0.4) is 0 Å². The first kappa shape index (κ1) is 10.3. The topological polar surface area (TPSA) is 76.0 Å². The Labute approximate surface area is 80.5 Å². The molecule has 14 heavy (non-hydrogen) atoms. The molecular formula is C9H10O5. The number of rotatable bonds is 4. The van der Waals surface area contributed by atoms with E-state index in [2.05, 4.69) is 0 Å². The highest BCUT2D eigenvalue weighted by molar-refractivity contribution is 5.88. The summed E-state index contributed by atoms with van der Waals surface area (Å²) in [4.78, 5) is 10.7. The predicted molar refractivity (Wildman–Crippen MR) is 47.7 cm³/mol. The molecule has 5 nitrogen and oxygen atoms in total. The maximum absolute atomic E-state index is 10.7. The van der Waals surface area contributed by atoms with Crippen LogP contribution in [0.1, 0.15) is 10.4 Å². The first-order valence-corrected chi connectivity index (χ1v) is 3.83. The SMILES string of the molecule is COc1cc(OCO)cc(C(=O)O)c1. The summed E-state index contributed by atoms with van der Waals surface area (Å²) in [5.41, 5.74) is 0.0489. The Bertz CT molecular complexity index is 334. The van der Waals surface area contributed by atoms with Gasteiger partial charge in [-0.2, -0.15) is 0 Å². The summed E-state index contributed by atoms with van der Waals surface area (Å²) in [6.07, 6.45) is 0. The molecule has 0 aliphatic carbocycles. The minimum Gasteiger partial charge on any atom is -0.497 e. The number of hydrogen-bond donors (Lipinski definition) is 2. The molecule has 0 saturated carbocycles. The molecule has 0 radical (unpaired) electrons. The lowest BCUT2D eigenvalue weighted by Gasteiger charge is -2.06. The van der Waals surface area contributed by atoms with Gasteiger partial charge in [-0.15, -0.1) is 0 Å². The molecule has 1 rings (SSSR count). The van der Waals surface area contributed by atoms with Crippen LogP contribution in [0.25, 0.3) is 0 Å². The van der Waals surface area contributed by atoms with Gasteiger partial charge in [0.25, 0.3) is 0 Å². The van der Waals surface area contributed by atoms with E-state index in [0.717, 1.165) is 0 Å². The van der Waals surface area contributed by atoms with E-state index in [9.17, 15) is 4.79 Å². The fourth-order valence-corrected chi connectivity index (χ4v) is 0.971. The standard InChI is InChI=1S/C9H10O5/c1-13-7-2-6(9(11)12)3-8(4-7)14-5-10/h2-4,10H,5H2,1H3,(H,11,12). The van der Waals surface area contributed by atoms with Crippen LogP contribution >= 0.6 is 0 Å². The number of ether oxygens (including phenoxy) is 2. The smallest absolute Gasteiger partial charge is 0.335 e. The first-order valence-electron chi connectivity index (χ1n) is 3.83. The average molecular weight is 198 g/mol. The van der Waals surface area contributed by atoms with E-state index in [1.807, 2.05) is 0 Å². The van der Waals surface area contributed by atoms with E-state index in [0.29, 0.717) is 5.75 Å². The van der Waals surface area contributed by atoms with Gasteiger partial charge in [0.15, 0.2) is 6.79 Å². The summed E-state index contributed by atoms with van der Waals surface area (Å²) in [7, 11) is 1.42. The van der Waals surface area contributed by atoms with Crippen molar-refractivity contribution >= 4 is 5.97 Å². The second-order valence-electron chi connectivity index (χ2n) is 2.48. The van der Waals surface area contributed by atoms with Crippen LogP contribution in [-0.4, -0.2) is 30.1 Å². The summed E-state index contributed by atoms with van der Waals surface area (Å²) in [5, 5.41) is 17.2. The van der Waals surface area contributed by atoms with Gasteiger partial charge in [-0.3, -0.25) is 0 Å². The highest BCUT2D eigenvalue weighted by Gasteiger charge is 2.07. The second kappa shape index (κ2) is 4.48. The fraction of sp³-hybridized carbons (Fsp3) is 0.222. The Morgan fingerprint density at radius 2 is 2.00 bits per heavy atom. The molecule has 5 heteroatoms. The monoisotopic (exact) mass is 198 g/mol. The number of benzene rings is 1. The van der Waals surface area contributed by atoms with E-state index in [1.54, 1.807) is 0 Å². The molecule has 0 saturated heterocycles. The van der Waals surface area contributed by atoms with Crippen LogP contribution in [0.4, 0.5) is 0 Å². The van der Waals surface area contributed by atoms with Crippen molar-refractivity contribution in [1.82, 2.24) is 0 Å². The highest BCUT2D eigenvalue weighted by atomic mass is 16.6. The van der Waals surface area contributed by atoms with Crippen molar-refractivity contribution in [2.45, 2.75) is 0 Å². The molecule has 0 amide bonds. The molecule has 0 unspecified atom stereocenters. The molecule has 0 aliphatic heterocycles. The summed E-state index contributed by atoms with van der Waals surface area (Å²) in [6.45, 7) is -0.508. The minimum absolute atomic E-state index is 0.0489. The van der Waals surface area contributed by atoms with E-state index >= 15 is 0 Å². The molecule has 0 spiro atoms. The van der Waals surface area contributed by atoms with Gasteiger partial charge < -0.3 is 19.7 Å². The molecule has 0 bridgehead atoms. The maximum atomic E-state index is 10.7. The normalized spacial score (nSPS) is 9.57. The summed E-state index contributed by atoms with van der Waals surface area (Å²) < 4.78 is 9.62. The molecule has 0 fully saturated rings. The molecule has 0 aromatic heterocycles. The fourth-order valence-electron chi connectivity index (χ4n) is 0.971. The Hall–Kier alpha value is -1.75. The third-order valence-electron chi connectivity index (χ3n) is 1.59. The number of methoxy groups -OCH3 is 1. The number of aliphatic hydroxyl groups excluding tert-OH is 1. The van der Waals surface area contributed by atoms with Gasteiger partial charge in [0.1, 0.15) is 11.5 Å². The summed E-state index contributed by atoms with van der Waals surface area (Å²) in [6, 6.07) is 4.16. The van der Waals surface area contributed by atoms with Crippen LogP contribution in [0, 0.1) is 0 Å². The van der Waals surface area contributed by atoms with Gasteiger partial charge >= 0.3 is 5.97 Å². The number of aliphatic hydroxyl groups is 1. The van der Waals surface area contributed by atoms with Crippen molar-refractivity contribution in [1.29, 1.82) is 0 Å². The predicted octanol–water partition coefficient (Wildman–Crippen LogP) is 0.722. The number of hydrogen-bond acceptors (Lipinski definition) is 4. The Balaban J connectivity index is 3.06. The molecule has 1 aromatic rings. The molecule has 0 heterocycles. The second-order valence-corrected chi connectivity index (χ2v) is 2.48. The largest absolute Gasteiger partial charge is 0.497 e. The molecule has 2 N–H and O–H groups in total. The number of carboxylic acid groups (broad SMARTS) is 1. The molecule has 76 valence electrons. The van der Waals surface area contributed by atoms with Crippen LogP contribution < -0.4 is 9.47 Å². The van der Waals surface area contributed by atoms with Gasteiger partial charge in [0.05, 0.1) is 12.7 Å². The molecule has 1 aromatic carbocycles. The zero-order valence-corrected chi connectivity index (χ0v) is 7.56. The van der Waals surface area contributed by atoms with E-state index in [4.69, 9.17) is 19.7 Å². The quantitative estimate of drug-likeness (QED) is 0.697. The van der Waals surface area contributed by atoms with E-state index in [-0.39, 0.29) is 11.3 Å². The Morgan fingerprint density at radius 3 is 2.50 bits per heavy atom. The number of carbonyl (C=O) groups is 1. The van der Waals surface area contributed by atoms with Crippen LogP contribution in [0.2, 0.25) is 0 Å². The zero-order chi connectivity index (χ0) is 10.6. The van der Waals surface area contributed by atoms with Crippen LogP contribution in [-0.2, 0) is 0 Å². The van der Waals surface area contributed by atoms with E-state index < -0.39 is 12.8 Å². The van der Waals surface area contributed by atoms with Gasteiger partial charge in [-0.05, 0) is 12.1 Å². The van der Waals surface area contributed by atoms with Crippen molar-refractivity contribution in [2.24, 2.45) is 0 Å². The van der Waals surface area contributed by atoms with Gasteiger partial charge in [0.2, 0.25) is 0 Å². The zero-order valence-electron chi connectivity index (χ0n) is 7.56. The van der Waals surface area contributed by atoms with Crippen molar-refractivity contribution in [3.05, 3.63) is 23.8 Å². The third kappa shape index (κ3) is 2.37. The van der Waals surface area contributed by atoms with Crippen molar-refractivity contribution in [3.8, 4) is 11.5 Å². The number of aromatic carboxylic acids is 1. The van der Waals surface area contributed by atoms with Gasteiger partial charge in [-0.1, -0.05) is 0 Å².